The van der Waals surface area contributed by atoms with Gasteiger partial charge in [-0.15, -0.1) is 0 Å². The van der Waals surface area contributed by atoms with Crippen LogP contribution in [-0.2, 0) is 20.0 Å². The van der Waals surface area contributed by atoms with E-state index in [1.165, 1.54) is 22.5 Å². The highest BCUT2D eigenvalue weighted by Crippen LogP contribution is 2.32. The third kappa shape index (κ3) is 4.26. The minimum Gasteiger partial charge on any atom is -0.211 e. The molecular weight excluding hydrogens is 383 g/mol. The van der Waals surface area contributed by atoms with Crippen LogP contribution in [0, 0.1) is 5.92 Å². The number of nitrogens with one attached hydrogen (secondary N) is 1. The summed E-state index contributed by atoms with van der Waals surface area (Å²) in [6.45, 7) is 3.87. The van der Waals surface area contributed by atoms with Crippen molar-refractivity contribution in [1.82, 2.24) is 9.03 Å². The number of sulfonamides is 2. The Morgan fingerprint density at radius 2 is 2.00 bits per heavy atom. The summed E-state index contributed by atoms with van der Waals surface area (Å²) in [6.07, 6.45) is 0.553. The topological polar surface area (TPSA) is 83.6 Å². The zero-order valence-electron chi connectivity index (χ0n) is 12.1. The fourth-order valence-corrected chi connectivity index (χ4v) is 5.15. The molecule has 1 aliphatic rings. The molecule has 0 radical (unpaired) electrons. The van der Waals surface area contributed by atoms with Crippen molar-refractivity contribution < 1.29 is 16.8 Å². The molecule has 1 saturated heterocycles. The number of benzene rings is 1. The lowest BCUT2D eigenvalue weighted by molar-refractivity contribution is 0.455. The van der Waals surface area contributed by atoms with Crippen LogP contribution in [0.25, 0.3) is 0 Å². The lowest BCUT2D eigenvalue weighted by Gasteiger charge is -2.18. The SMILES string of the molecule is C=CS(=O)(=O)NC[C@H]1CCN(S(=O)(=O)c2cccc(Cl)c2Cl)C1. The average molecular weight is 399 g/mol. The molecule has 1 N–H and O–H groups in total. The molecular formula is C13H16Cl2N2O4S2. The maximum atomic E-state index is 12.6. The number of nitrogens with zero attached hydrogens (tertiary/aromatic N) is 1. The monoisotopic (exact) mass is 398 g/mol. The van der Waals surface area contributed by atoms with Gasteiger partial charge in [0.15, 0.2) is 0 Å². The highest BCUT2D eigenvalue weighted by molar-refractivity contribution is 7.92. The van der Waals surface area contributed by atoms with Gasteiger partial charge in [-0.05, 0) is 24.5 Å². The first-order chi connectivity index (χ1) is 10.7. The number of hydrogen-bond acceptors (Lipinski definition) is 4. The summed E-state index contributed by atoms with van der Waals surface area (Å²) in [5, 5.41) is 0.981. The Morgan fingerprint density at radius 3 is 2.65 bits per heavy atom. The molecule has 6 nitrogen and oxygen atoms in total. The van der Waals surface area contributed by atoms with E-state index in [-0.39, 0.29) is 33.9 Å². The van der Waals surface area contributed by atoms with Crippen LogP contribution in [0.2, 0.25) is 10.0 Å². The fraction of sp³-hybridized carbons (Fsp3) is 0.385. The van der Waals surface area contributed by atoms with Gasteiger partial charge in [0.05, 0.1) is 10.0 Å². The van der Waals surface area contributed by atoms with Crippen LogP contribution in [0.5, 0.6) is 0 Å². The zero-order valence-corrected chi connectivity index (χ0v) is 15.2. The number of halogens is 2. The van der Waals surface area contributed by atoms with Crippen molar-refractivity contribution in [2.45, 2.75) is 11.3 Å². The van der Waals surface area contributed by atoms with E-state index < -0.39 is 20.0 Å². The largest absolute Gasteiger partial charge is 0.244 e. The summed E-state index contributed by atoms with van der Waals surface area (Å²) in [5.74, 6) is -0.113. The van der Waals surface area contributed by atoms with E-state index >= 15 is 0 Å². The van der Waals surface area contributed by atoms with Gasteiger partial charge in [0.2, 0.25) is 20.0 Å². The molecule has 0 aliphatic carbocycles. The van der Waals surface area contributed by atoms with Crippen molar-refractivity contribution in [3.8, 4) is 0 Å². The minimum atomic E-state index is -3.76. The van der Waals surface area contributed by atoms with Crippen molar-refractivity contribution in [2.75, 3.05) is 19.6 Å². The van der Waals surface area contributed by atoms with Gasteiger partial charge in [0.25, 0.3) is 0 Å². The molecule has 1 fully saturated rings. The molecule has 0 aromatic heterocycles. The molecule has 0 spiro atoms. The van der Waals surface area contributed by atoms with Crippen molar-refractivity contribution in [1.29, 1.82) is 0 Å². The van der Waals surface area contributed by atoms with Gasteiger partial charge >= 0.3 is 0 Å². The molecule has 2 rings (SSSR count). The predicted octanol–water partition coefficient (Wildman–Crippen LogP) is 2.07. The van der Waals surface area contributed by atoms with E-state index in [0.717, 1.165) is 5.41 Å². The van der Waals surface area contributed by atoms with Crippen molar-refractivity contribution >= 4 is 43.2 Å². The normalized spacial score (nSPS) is 19.8. The Labute approximate surface area is 146 Å². The predicted molar refractivity (Wildman–Crippen MR) is 90.4 cm³/mol. The van der Waals surface area contributed by atoms with E-state index in [1.807, 2.05) is 0 Å². The molecule has 1 atom stereocenters. The molecule has 0 unspecified atom stereocenters. The summed E-state index contributed by atoms with van der Waals surface area (Å²) < 4.78 is 51.6. The lowest BCUT2D eigenvalue weighted by Crippen LogP contribution is -2.32. The van der Waals surface area contributed by atoms with Gasteiger partial charge < -0.3 is 0 Å². The maximum Gasteiger partial charge on any atom is 0.244 e. The second kappa shape index (κ2) is 7.08. The third-order valence-corrected chi connectivity index (χ3v) is 7.42. The first kappa shape index (κ1) is 18.7. The molecule has 0 bridgehead atoms. The second-order valence-corrected chi connectivity index (χ2v) is 9.53. The van der Waals surface area contributed by atoms with Gasteiger partial charge in [-0.1, -0.05) is 35.8 Å². The maximum absolute atomic E-state index is 12.6. The van der Waals surface area contributed by atoms with Crippen LogP contribution < -0.4 is 4.72 Å². The number of rotatable bonds is 6. The van der Waals surface area contributed by atoms with Gasteiger partial charge in [-0.2, -0.15) is 4.31 Å². The molecule has 23 heavy (non-hydrogen) atoms. The Morgan fingerprint density at radius 1 is 1.30 bits per heavy atom. The summed E-state index contributed by atoms with van der Waals surface area (Å²) in [6, 6.07) is 4.43. The molecule has 1 heterocycles. The average Bonchev–Trinajstić information content (AvgIpc) is 2.98. The van der Waals surface area contributed by atoms with Crippen molar-refractivity contribution in [2.24, 2.45) is 5.92 Å². The summed E-state index contributed by atoms with van der Waals surface area (Å²) in [5.41, 5.74) is 0. The minimum absolute atomic E-state index is 0.00928. The Kier molecular flexibility index (Phi) is 5.76. The summed E-state index contributed by atoms with van der Waals surface area (Å²) >= 11 is 11.9. The molecule has 0 amide bonds. The lowest BCUT2D eigenvalue weighted by atomic mass is 10.1. The quantitative estimate of drug-likeness (QED) is 0.794. The van der Waals surface area contributed by atoms with Crippen LogP contribution in [0.4, 0.5) is 0 Å². The fourth-order valence-electron chi connectivity index (χ4n) is 2.30. The number of hydrogen-bond donors (Lipinski definition) is 1. The Bertz CT molecular complexity index is 809. The van der Waals surface area contributed by atoms with E-state index in [2.05, 4.69) is 11.3 Å². The van der Waals surface area contributed by atoms with Gasteiger partial charge in [0.1, 0.15) is 4.90 Å². The third-order valence-electron chi connectivity index (χ3n) is 3.58. The van der Waals surface area contributed by atoms with Gasteiger partial charge in [-0.25, -0.2) is 21.6 Å². The molecule has 10 heteroatoms. The molecule has 1 aliphatic heterocycles. The summed E-state index contributed by atoms with van der Waals surface area (Å²) in [4.78, 5) is -0.0426. The van der Waals surface area contributed by atoms with Crippen molar-refractivity contribution in [3.63, 3.8) is 0 Å². The Hall–Kier alpha value is -0.640. The first-order valence-electron chi connectivity index (χ1n) is 6.73. The summed E-state index contributed by atoms with van der Waals surface area (Å²) in [7, 11) is -7.28. The van der Waals surface area contributed by atoms with E-state index in [9.17, 15) is 16.8 Å². The van der Waals surface area contributed by atoms with Crippen LogP contribution >= 0.6 is 23.2 Å². The molecule has 0 saturated carbocycles. The van der Waals surface area contributed by atoms with E-state index in [4.69, 9.17) is 23.2 Å². The van der Waals surface area contributed by atoms with Crippen LogP contribution in [0.1, 0.15) is 6.42 Å². The van der Waals surface area contributed by atoms with Crippen LogP contribution in [0.3, 0.4) is 0 Å². The Balaban J connectivity index is 2.11. The zero-order chi connectivity index (χ0) is 17.3. The van der Waals surface area contributed by atoms with Crippen LogP contribution in [0.15, 0.2) is 35.1 Å². The molecule has 128 valence electrons. The molecule has 1 aromatic carbocycles. The first-order valence-corrected chi connectivity index (χ1v) is 10.5. The van der Waals surface area contributed by atoms with Crippen molar-refractivity contribution in [3.05, 3.63) is 40.2 Å². The smallest absolute Gasteiger partial charge is 0.211 e. The molecule has 1 aromatic rings. The second-order valence-electron chi connectivity index (χ2n) is 5.13. The van der Waals surface area contributed by atoms with Crippen LogP contribution in [-0.4, -0.2) is 40.8 Å². The highest BCUT2D eigenvalue weighted by Gasteiger charge is 2.34. The van der Waals surface area contributed by atoms with Gasteiger partial charge in [-0.3, -0.25) is 0 Å². The van der Waals surface area contributed by atoms with E-state index in [0.29, 0.717) is 13.0 Å². The van der Waals surface area contributed by atoms with Gasteiger partial charge in [0, 0.05) is 25.0 Å². The van der Waals surface area contributed by atoms with E-state index in [1.54, 1.807) is 0 Å². The standard InChI is InChI=1S/C13H16Cl2N2O4S2/c1-2-22(18,19)16-8-10-6-7-17(9-10)23(20,21)12-5-3-4-11(14)13(12)15/h2-5,10,16H,1,6-9H2/t10-/m1/s1. The highest BCUT2D eigenvalue weighted by atomic mass is 35.5.